The van der Waals surface area contributed by atoms with E-state index < -0.39 is 47.1 Å². The van der Waals surface area contributed by atoms with Gasteiger partial charge < -0.3 is 25.0 Å². The molecular formula is C27H39N3O6S. The summed E-state index contributed by atoms with van der Waals surface area (Å²) in [7, 11) is 0. The molecule has 37 heavy (non-hydrogen) atoms. The lowest BCUT2D eigenvalue weighted by Gasteiger charge is -2.43. The number of terminal acetylenes is 1. The van der Waals surface area contributed by atoms with E-state index in [1.165, 1.54) is 4.90 Å². The fourth-order valence-electron chi connectivity index (χ4n) is 3.45. The molecule has 1 aromatic carbocycles. The van der Waals surface area contributed by atoms with Crippen molar-refractivity contribution in [1.29, 1.82) is 0 Å². The number of ether oxygens (including phenoxy) is 2. The minimum Gasteiger partial charge on any atom is -0.466 e. The van der Waals surface area contributed by atoms with Gasteiger partial charge in [0.25, 0.3) is 0 Å². The Bertz CT molecular complexity index is 989. The SMILES string of the molecule is C#Cc1ccc(C(C(=O)NCCC(=O)OCC)N(C(=O)C(CS)NC(=O)OC(C)(C)C)C(C)(C)C)cc1. The Kier molecular flexibility index (Phi) is 12.0. The van der Waals surface area contributed by atoms with Crippen LogP contribution in [0.5, 0.6) is 0 Å². The van der Waals surface area contributed by atoms with Gasteiger partial charge in [0.1, 0.15) is 17.7 Å². The summed E-state index contributed by atoms with van der Waals surface area (Å²) in [5, 5.41) is 5.29. The third-order valence-electron chi connectivity index (χ3n) is 4.97. The van der Waals surface area contributed by atoms with Crippen LogP contribution in [0.1, 0.15) is 72.1 Å². The van der Waals surface area contributed by atoms with Crippen molar-refractivity contribution < 1.29 is 28.7 Å². The van der Waals surface area contributed by atoms with Gasteiger partial charge in [0.05, 0.1) is 13.0 Å². The predicted molar refractivity (Wildman–Crippen MR) is 145 cm³/mol. The highest BCUT2D eigenvalue weighted by molar-refractivity contribution is 7.80. The van der Waals surface area contributed by atoms with E-state index in [1.807, 2.05) is 0 Å². The Labute approximate surface area is 225 Å². The molecule has 0 aliphatic rings. The molecule has 1 aromatic rings. The maximum Gasteiger partial charge on any atom is 0.408 e. The summed E-state index contributed by atoms with van der Waals surface area (Å²) in [5.74, 6) is 1.02. The van der Waals surface area contributed by atoms with Gasteiger partial charge in [0, 0.05) is 23.4 Å². The maximum absolute atomic E-state index is 13.9. The molecule has 204 valence electrons. The first-order chi connectivity index (χ1) is 17.1. The molecule has 2 unspecified atom stereocenters. The number of amides is 3. The van der Waals surface area contributed by atoms with Crippen LogP contribution in [-0.2, 0) is 23.9 Å². The zero-order valence-electron chi connectivity index (χ0n) is 22.7. The fourth-order valence-corrected chi connectivity index (χ4v) is 3.69. The molecule has 2 atom stereocenters. The largest absolute Gasteiger partial charge is 0.466 e. The van der Waals surface area contributed by atoms with Gasteiger partial charge in [-0.2, -0.15) is 12.6 Å². The Morgan fingerprint density at radius 3 is 2.14 bits per heavy atom. The molecule has 1 rings (SSSR count). The summed E-state index contributed by atoms with van der Waals surface area (Å²) in [5.41, 5.74) is -0.510. The van der Waals surface area contributed by atoms with Crippen molar-refractivity contribution in [2.75, 3.05) is 18.9 Å². The lowest BCUT2D eigenvalue weighted by Crippen LogP contribution is -2.59. The Hall–Kier alpha value is -3.19. The number of carbonyl (C=O) groups is 4. The van der Waals surface area contributed by atoms with Crippen molar-refractivity contribution in [3.63, 3.8) is 0 Å². The van der Waals surface area contributed by atoms with Crippen molar-refractivity contribution in [3.8, 4) is 12.3 Å². The smallest absolute Gasteiger partial charge is 0.408 e. The van der Waals surface area contributed by atoms with Crippen LogP contribution in [0.15, 0.2) is 24.3 Å². The first-order valence-corrected chi connectivity index (χ1v) is 12.7. The normalized spacial score (nSPS) is 12.9. The first-order valence-electron chi connectivity index (χ1n) is 12.1. The number of nitrogens with zero attached hydrogens (tertiary/aromatic N) is 1. The summed E-state index contributed by atoms with van der Waals surface area (Å²) >= 11 is 4.27. The average Bonchev–Trinajstić information content (AvgIpc) is 2.78. The number of thiol groups is 1. The second-order valence-electron chi connectivity index (χ2n) is 10.3. The summed E-state index contributed by atoms with van der Waals surface area (Å²) in [6, 6.07) is 4.53. The van der Waals surface area contributed by atoms with Crippen LogP contribution in [0.25, 0.3) is 0 Å². The minimum atomic E-state index is -1.09. The third kappa shape index (κ3) is 10.4. The second-order valence-corrected chi connectivity index (χ2v) is 10.6. The van der Waals surface area contributed by atoms with Crippen LogP contribution in [0.2, 0.25) is 0 Å². The minimum absolute atomic E-state index is 0.0226. The predicted octanol–water partition coefficient (Wildman–Crippen LogP) is 3.23. The Morgan fingerprint density at radius 1 is 1.08 bits per heavy atom. The highest BCUT2D eigenvalue weighted by atomic mass is 32.1. The van der Waals surface area contributed by atoms with Crippen LogP contribution in [0, 0.1) is 12.3 Å². The molecule has 2 N–H and O–H groups in total. The van der Waals surface area contributed by atoms with E-state index in [-0.39, 0.29) is 25.3 Å². The quantitative estimate of drug-likeness (QED) is 0.242. The number of rotatable bonds is 10. The standard InChI is InChI=1S/C27H39N3O6S/c1-9-18-11-13-19(14-12-18)22(23(32)28-16-15-21(31)35-10-2)30(26(3,4)5)24(33)20(17-37)29-25(34)36-27(6,7)8/h1,11-14,20,22,37H,10,15-17H2,2-8H3,(H,28,32)(H,29,34). The van der Waals surface area contributed by atoms with Gasteiger partial charge in [0.15, 0.2) is 0 Å². The molecule has 0 spiro atoms. The number of alkyl carbamates (subject to hydrolysis) is 1. The molecule has 10 heteroatoms. The van der Waals surface area contributed by atoms with Gasteiger partial charge in [-0.05, 0) is 66.2 Å². The van der Waals surface area contributed by atoms with Gasteiger partial charge in [-0.3, -0.25) is 14.4 Å². The third-order valence-corrected chi connectivity index (χ3v) is 5.33. The number of carbonyl (C=O) groups excluding carboxylic acids is 4. The first kappa shape index (κ1) is 31.8. The van der Waals surface area contributed by atoms with Gasteiger partial charge in [-0.1, -0.05) is 18.1 Å². The van der Waals surface area contributed by atoms with Gasteiger partial charge in [0.2, 0.25) is 11.8 Å². The highest BCUT2D eigenvalue weighted by Gasteiger charge is 2.41. The van der Waals surface area contributed by atoms with Crippen molar-refractivity contribution in [1.82, 2.24) is 15.5 Å². The van der Waals surface area contributed by atoms with Crippen LogP contribution in [0.3, 0.4) is 0 Å². The van der Waals surface area contributed by atoms with E-state index in [1.54, 1.807) is 72.7 Å². The molecule has 0 saturated carbocycles. The molecule has 0 aliphatic carbocycles. The Balaban J connectivity index is 3.40. The van der Waals surface area contributed by atoms with E-state index in [9.17, 15) is 19.2 Å². The average molecular weight is 534 g/mol. The van der Waals surface area contributed by atoms with E-state index >= 15 is 0 Å². The Morgan fingerprint density at radius 2 is 1.68 bits per heavy atom. The lowest BCUT2D eigenvalue weighted by molar-refractivity contribution is -0.148. The van der Waals surface area contributed by atoms with Crippen molar-refractivity contribution >= 4 is 36.5 Å². The highest BCUT2D eigenvalue weighted by Crippen LogP contribution is 2.30. The summed E-state index contributed by atoms with van der Waals surface area (Å²) in [6.45, 7) is 12.4. The fraction of sp³-hybridized carbons (Fsp3) is 0.556. The topological polar surface area (TPSA) is 114 Å². The molecule has 3 amide bonds. The van der Waals surface area contributed by atoms with Gasteiger partial charge in [-0.15, -0.1) is 6.42 Å². The molecule has 0 aliphatic heterocycles. The van der Waals surface area contributed by atoms with Crippen LogP contribution >= 0.6 is 12.6 Å². The van der Waals surface area contributed by atoms with Crippen LogP contribution in [0.4, 0.5) is 4.79 Å². The van der Waals surface area contributed by atoms with Crippen molar-refractivity contribution in [3.05, 3.63) is 35.4 Å². The monoisotopic (exact) mass is 533 g/mol. The number of hydrogen-bond donors (Lipinski definition) is 3. The van der Waals surface area contributed by atoms with E-state index in [0.717, 1.165) is 0 Å². The van der Waals surface area contributed by atoms with Crippen LogP contribution < -0.4 is 10.6 Å². The van der Waals surface area contributed by atoms with E-state index in [0.29, 0.717) is 11.1 Å². The number of benzene rings is 1. The summed E-state index contributed by atoms with van der Waals surface area (Å²) in [6.07, 6.45) is 4.68. The van der Waals surface area contributed by atoms with E-state index in [4.69, 9.17) is 15.9 Å². The number of hydrogen-bond acceptors (Lipinski definition) is 7. The van der Waals surface area contributed by atoms with Crippen molar-refractivity contribution in [2.24, 2.45) is 0 Å². The number of nitrogens with one attached hydrogen (secondary N) is 2. The molecule has 9 nitrogen and oxygen atoms in total. The molecular weight excluding hydrogens is 494 g/mol. The zero-order valence-corrected chi connectivity index (χ0v) is 23.6. The molecule has 0 saturated heterocycles. The maximum atomic E-state index is 13.9. The van der Waals surface area contributed by atoms with Gasteiger partial charge >= 0.3 is 12.1 Å². The lowest BCUT2D eigenvalue weighted by atomic mass is 9.95. The molecule has 0 radical (unpaired) electrons. The van der Waals surface area contributed by atoms with Crippen molar-refractivity contribution in [2.45, 2.75) is 78.1 Å². The van der Waals surface area contributed by atoms with E-state index in [2.05, 4.69) is 29.2 Å². The summed E-state index contributed by atoms with van der Waals surface area (Å²) < 4.78 is 10.2. The molecule has 0 fully saturated rings. The zero-order chi connectivity index (χ0) is 28.4. The summed E-state index contributed by atoms with van der Waals surface area (Å²) in [4.78, 5) is 52.9. The molecule has 0 bridgehead atoms. The van der Waals surface area contributed by atoms with Gasteiger partial charge in [-0.25, -0.2) is 4.79 Å². The second kappa shape index (κ2) is 13.9. The molecule has 0 aromatic heterocycles. The number of esters is 1. The van der Waals surface area contributed by atoms with Crippen LogP contribution in [-0.4, -0.2) is 64.9 Å². The molecule has 0 heterocycles.